The zero-order chi connectivity index (χ0) is 20.4. The summed E-state index contributed by atoms with van der Waals surface area (Å²) in [7, 11) is 0. The Balaban J connectivity index is 1.69. The first kappa shape index (κ1) is 19.7. The van der Waals surface area contributed by atoms with Crippen molar-refractivity contribution < 1.29 is 9.53 Å². The fraction of sp³-hybridized carbons (Fsp3) is 0.167. The molecule has 0 aliphatic carbocycles. The number of thioether (sulfide) groups is 1. The van der Waals surface area contributed by atoms with Crippen molar-refractivity contribution in [2.24, 2.45) is 5.92 Å². The van der Waals surface area contributed by atoms with Gasteiger partial charge in [-0.3, -0.25) is 9.69 Å². The first-order valence-corrected chi connectivity index (χ1v) is 10.7. The molecule has 0 bridgehead atoms. The molecule has 1 heterocycles. The summed E-state index contributed by atoms with van der Waals surface area (Å²) in [6, 6.07) is 21.7. The maximum Gasteiger partial charge on any atom is 0.270 e. The number of para-hydroxylation sites is 1. The molecule has 1 fully saturated rings. The maximum atomic E-state index is 13.3. The van der Waals surface area contributed by atoms with Crippen LogP contribution in [-0.4, -0.2) is 16.8 Å². The van der Waals surface area contributed by atoms with Crippen molar-refractivity contribution in [2.75, 3.05) is 11.5 Å². The lowest BCUT2D eigenvalue weighted by molar-refractivity contribution is -0.113. The van der Waals surface area contributed by atoms with E-state index in [1.165, 1.54) is 11.8 Å². The van der Waals surface area contributed by atoms with Gasteiger partial charge in [0.15, 0.2) is 4.32 Å². The fourth-order valence-electron chi connectivity index (χ4n) is 3.21. The van der Waals surface area contributed by atoms with E-state index in [9.17, 15) is 4.79 Å². The lowest BCUT2D eigenvalue weighted by atomic mass is 10.1. The average Bonchev–Trinajstić information content (AvgIpc) is 3.00. The number of hydrogen-bond acceptors (Lipinski definition) is 4. The zero-order valence-corrected chi connectivity index (χ0v) is 17.9. The summed E-state index contributed by atoms with van der Waals surface area (Å²) < 4.78 is 6.47. The second-order valence-corrected chi connectivity index (χ2v) is 8.93. The number of ether oxygens (including phenoxy) is 1. The third-order valence-electron chi connectivity index (χ3n) is 4.58. The molecule has 1 aliphatic rings. The molecule has 0 unspecified atom stereocenters. The predicted molar refractivity (Wildman–Crippen MR) is 126 cm³/mol. The Morgan fingerprint density at radius 3 is 2.59 bits per heavy atom. The second kappa shape index (κ2) is 8.39. The monoisotopic (exact) mass is 419 g/mol. The molecule has 0 saturated carbocycles. The van der Waals surface area contributed by atoms with E-state index < -0.39 is 0 Å². The van der Waals surface area contributed by atoms with Gasteiger partial charge < -0.3 is 4.74 Å². The minimum atomic E-state index is -0.102. The first-order valence-electron chi connectivity index (χ1n) is 9.52. The van der Waals surface area contributed by atoms with Crippen molar-refractivity contribution in [3.63, 3.8) is 0 Å². The number of carbonyl (C=O) groups is 1. The van der Waals surface area contributed by atoms with Crippen LogP contribution in [-0.2, 0) is 4.79 Å². The minimum absolute atomic E-state index is 0.102. The Morgan fingerprint density at radius 2 is 1.76 bits per heavy atom. The van der Waals surface area contributed by atoms with E-state index in [0.717, 1.165) is 27.8 Å². The standard InChI is InChI=1S/C24H21NO2S2/c1-16(2)15-27-21-13-6-4-9-18(21)14-22-23(26)25(24(28)29-22)20-12-7-10-17-8-3-5-11-19(17)20/h3-14,16H,15H2,1-2H3/b22-14-. The van der Waals surface area contributed by atoms with Gasteiger partial charge in [-0.05, 0) is 29.5 Å². The molecule has 0 radical (unpaired) electrons. The lowest BCUT2D eigenvalue weighted by Gasteiger charge is -2.17. The molecular formula is C24H21NO2S2. The van der Waals surface area contributed by atoms with Crippen LogP contribution in [0.4, 0.5) is 5.69 Å². The van der Waals surface area contributed by atoms with Gasteiger partial charge in [0.05, 0.1) is 17.2 Å². The molecule has 0 spiro atoms. The number of amides is 1. The van der Waals surface area contributed by atoms with Crippen LogP contribution in [0.3, 0.4) is 0 Å². The van der Waals surface area contributed by atoms with Crippen molar-refractivity contribution in [3.8, 4) is 5.75 Å². The van der Waals surface area contributed by atoms with Crippen molar-refractivity contribution in [2.45, 2.75) is 13.8 Å². The Hall–Kier alpha value is -2.63. The van der Waals surface area contributed by atoms with Gasteiger partial charge in [-0.1, -0.05) is 92.4 Å². The number of fused-ring (bicyclic) bond motifs is 1. The van der Waals surface area contributed by atoms with Gasteiger partial charge in [0.1, 0.15) is 5.75 Å². The van der Waals surface area contributed by atoms with Crippen LogP contribution in [0.1, 0.15) is 19.4 Å². The number of carbonyl (C=O) groups excluding carboxylic acids is 1. The zero-order valence-electron chi connectivity index (χ0n) is 16.3. The van der Waals surface area contributed by atoms with E-state index in [1.54, 1.807) is 4.90 Å². The molecular weight excluding hydrogens is 398 g/mol. The summed E-state index contributed by atoms with van der Waals surface area (Å²) in [5.41, 5.74) is 1.70. The largest absolute Gasteiger partial charge is 0.493 e. The van der Waals surface area contributed by atoms with E-state index in [-0.39, 0.29) is 5.91 Å². The Morgan fingerprint density at radius 1 is 1.03 bits per heavy atom. The van der Waals surface area contributed by atoms with E-state index in [4.69, 9.17) is 17.0 Å². The van der Waals surface area contributed by atoms with Gasteiger partial charge in [-0.2, -0.15) is 0 Å². The van der Waals surface area contributed by atoms with E-state index in [1.807, 2.05) is 72.8 Å². The molecule has 146 valence electrons. The maximum absolute atomic E-state index is 13.3. The van der Waals surface area contributed by atoms with Gasteiger partial charge in [-0.25, -0.2) is 0 Å². The number of thiocarbonyl (C=S) groups is 1. The van der Waals surface area contributed by atoms with Gasteiger partial charge in [0.2, 0.25) is 0 Å². The van der Waals surface area contributed by atoms with Crippen LogP contribution in [0.25, 0.3) is 16.8 Å². The molecule has 4 rings (SSSR count). The molecule has 3 aromatic rings. The van der Waals surface area contributed by atoms with Gasteiger partial charge in [-0.15, -0.1) is 0 Å². The third kappa shape index (κ3) is 4.07. The van der Waals surface area contributed by atoms with Gasteiger partial charge in [0.25, 0.3) is 5.91 Å². The number of benzene rings is 3. The van der Waals surface area contributed by atoms with Crippen LogP contribution < -0.4 is 9.64 Å². The van der Waals surface area contributed by atoms with E-state index in [0.29, 0.717) is 21.8 Å². The lowest BCUT2D eigenvalue weighted by Crippen LogP contribution is -2.27. The molecule has 1 saturated heterocycles. The normalized spacial score (nSPS) is 15.7. The molecule has 1 amide bonds. The number of anilines is 1. The minimum Gasteiger partial charge on any atom is -0.493 e. The summed E-state index contributed by atoms with van der Waals surface area (Å²) in [4.78, 5) is 15.5. The van der Waals surface area contributed by atoms with Crippen molar-refractivity contribution in [1.82, 2.24) is 0 Å². The van der Waals surface area contributed by atoms with E-state index in [2.05, 4.69) is 13.8 Å². The quantitative estimate of drug-likeness (QED) is 0.359. The second-order valence-electron chi connectivity index (χ2n) is 7.26. The van der Waals surface area contributed by atoms with Gasteiger partial charge >= 0.3 is 0 Å². The van der Waals surface area contributed by atoms with Crippen molar-refractivity contribution in [1.29, 1.82) is 0 Å². The van der Waals surface area contributed by atoms with Crippen LogP contribution in [0.5, 0.6) is 5.75 Å². The molecule has 3 nitrogen and oxygen atoms in total. The van der Waals surface area contributed by atoms with Crippen LogP contribution in [0, 0.1) is 5.92 Å². The predicted octanol–water partition coefficient (Wildman–Crippen LogP) is 6.28. The highest BCUT2D eigenvalue weighted by Crippen LogP contribution is 2.39. The molecule has 3 aromatic carbocycles. The summed E-state index contributed by atoms with van der Waals surface area (Å²) in [5, 5.41) is 2.09. The SMILES string of the molecule is CC(C)COc1ccccc1/C=C1\SC(=S)N(c2cccc3ccccc23)C1=O. The highest BCUT2D eigenvalue weighted by Gasteiger charge is 2.34. The van der Waals surface area contributed by atoms with Crippen LogP contribution in [0.2, 0.25) is 0 Å². The molecule has 1 aliphatic heterocycles. The smallest absolute Gasteiger partial charge is 0.270 e. The Bertz CT molecular complexity index is 1120. The topological polar surface area (TPSA) is 29.5 Å². The third-order valence-corrected chi connectivity index (χ3v) is 5.88. The molecule has 0 N–H and O–H groups in total. The Labute approximate surface area is 180 Å². The number of rotatable bonds is 5. The molecule has 5 heteroatoms. The number of hydrogen-bond donors (Lipinski definition) is 0. The summed E-state index contributed by atoms with van der Waals surface area (Å²) >= 11 is 6.90. The highest BCUT2D eigenvalue weighted by molar-refractivity contribution is 8.27. The Kier molecular flexibility index (Phi) is 5.69. The van der Waals surface area contributed by atoms with Crippen molar-refractivity contribution in [3.05, 3.63) is 77.2 Å². The van der Waals surface area contributed by atoms with Crippen molar-refractivity contribution >= 4 is 56.7 Å². The summed E-state index contributed by atoms with van der Waals surface area (Å²) in [6.07, 6.45) is 1.88. The number of nitrogens with zero attached hydrogens (tertiary/aromatic N) is 1. The molecule has 0 atom stereocenters. The summed E-state index contributed by atoms with van der Waals surface area (Å²) in [5.74, 6) is 1.10. The van der Waals surface area contributed by atoms with Crippen LogP contribution in [0.15, 0.2) is 71.6 Å². The first-order chi connectivity index (χ1) is 14.0. The van der Waals surface area contributed by atoms with Gasteiger partial charge in [0, 0.05) is 10.9 Å². The summed E-state index contributed by atoms with van der Waals surface area (Å²) in [6.45, 7) is 4.84. The molecule has 29 heavy (non-hydrogen) atoms. The average molecular weight is 420 g/mol. The molecule has 0 aromatic heterocycles. The van der Waals surface area contributed by atoms with E-state index >= 15 is 0 Å². The fourth-order valence-corrected chi connectivity index (χ4v) is 4.48. The highest BCUT2D eigenvalue weighted by atomic mass is 32.2. The van der Waals surface area contributed by atoms with Crippen LogP contribution >= 0.6 is 24.0 Å².